The van der Waals surface area contributed by atoms with Gasteiger partial charge in [0.1, 0.15) is 11.2 Å². The van der Waals surface area contributed by atoms with Crippen LogP contribution in [0.3, 0.4) is 0 Å². The molecule has 3 aromatic rings. The topological polar surface area (TPSA) is 109 Å². The number of benzene rings is 1. The van der Waals surface area contributed by atoms with Crippen molar-refractivity contribution < 1.29 is 18.8 Å². The predicted octanol–water partition coefficient (Wildman–Crippen LogP) is 3.77. The number of urea groups is 1. The number of aromatic nitrogens is 2. The van der Waals surface area contributed by atoms with E-state index in [-0.39, 0.29) is 30.1 Å². The van der Waals surface area contributed by atoms with Gasteiger partial charge in [-0.15, -0.1) is 0 Å². The van der Waals surface area contributed by atoms with Crippen LogP contribution in [0.1, 0.15) is 42.6 Å². The van der Waals surface area contributed by atoms with E-state index in [1.807, 2.05) is 0 Å². The zero-order valence-corrected chi connectivity index (χ0v) is 19.2. The van der Waals surface area contributed by atoms with Crippen molar-refractivity contribution in [1.82, 2.24) is 25.3 Å². The second-order valence-electron chi connectivity index (χ2n) is 8.57. The van der Waals surface area contributed by atoms with E-state index in [2.05, 4.69) is 15.7 Å². The molecule has 1 saturated heterocycles. The van der Waals surface area contributed by atoms with Crippen molar-refractivity contribution in [2.24, 2.45) is 0 Å². The van der Waals surface area contributed by atoms with Crippen LogP contribution in [0.4, 0.5) is 4.79 Å². The zero-order valence-electron chi connectivity index (χ0n) is 18.4. The maximum atomic E-state index is 12.8. The van der Waals surface area contributed by atoms with E-state index in [0.29, 0.717) is 42.3 Å². The second-order valence-corrected chi connectivity index (χ2v) is 9.00. The molecule has 10 heteroatoms. The summed E-state index contributed by atoms with van der Waals surface area (Å²) in [6, 6.07) is 12.0. The quantitative estimate of drug-likeness (QED) is 0.394. The standard InChI is InChI=1S/C24H24ClN5O4/c25-16-6-8-17(9-7-16)30-19(20-5-3-14-34-20)15-18(28-30)21(31)26-12-4-13-29-22(32)24(27-23(29)33)10-1-2-11-24/h3,5-9,14-15H,1-2,4,10-13H2,(H,26,31)(H,27,33). The highest BCUT2D eigenvalue weighted by Gasteiger charge is 2.51. The monoisotopic (exact) mass is 481 g/mol. The van der Waals surface area contributed by atoms with Gasteiger partial charge in [-0.3, -0.25) is 14.5 Å². The third-order valence-electron chi connectivity index (χ3n) is 6.33. The van der Waals surface area contributed by atoms with Crippen LogP contribution in [-0.2, 0) is 4.79 Å². The lowest BCUT2D eigenvalue weighted by Crippen LogP contribution is -2.44. The molecular formula is C24H24ClN5O4. The predicted molar refractivity (Wildman–Crippen MR) is 125 cm³/mol. The summed E-state index contributed by atoms with van der Waals surface area (Å²) in [7, 11) is 0. The van der Waals surface area contributed by atoms with Gasteiger partial charge in [-0.05, 0) is 55.7 Å². The molecule has 2 aromatic heterocycles. The number of rotatable bonds is 7. The number of hydrogen-bond acceptors (Lipinski definition) is 5. The Balaban J connectivity index is 1.24. The molecule has 1 aliphatic heterocycles. The minimum atomic E-state index is -0.711. The summed E-state index contributed by atoms with van der Waals surface area (Å²) in [6.07, 6.45) is 5.28. The molecule has 0 atom stereocenters. The maximum Gasteiger partial charge on any atom is 0.325 e. The Labute approximate surface area is 201 Å². The minimum Gasteiger partial charge on any atom is -0.463 e. The van der Waals surface area contributed by atoms with E-state index in [1.54, 1.807) is 53.4 Å². The van der Waals surface area contributed by atoms with E-state index in [1.165, 1.54) is 4.90 Å². The van der Waals surface area contributed by atoms with Crippen LogP contribution in [-0.4, -0.2) is 51.2 Å². The Hall–Kier alpha value is -3.59. The highest BCUT2D eigenvalue weighted by Crippen LogP contribution is 2.35. The average Bonchev–Trinajstić information content (AvgIpc) is 3.61. The Kier molecular flexibility index (Phi) is 5.87. The van der Waals surface area contributed by atoms with Crippen LogP contribution in [0.15, 0.2) is 53.1 Å². The lowest BCUT2D eigenvalue weighted by Gasteiger charge is -2.20. The van der Waals surface area contributed by atoms with Gasteiger partial charge in [-0.25, -0.2) is 9.48 Å². The van der Waals surface area contributed by atoms with Crippen LogP contribution in [0, 0.1) is 0 Å². The lowest BCUT2D eigenvalue weighted by atomic mass is 9.98. The molecule has 1 saturated carbocycles. The second kappa shape index (κ2) is 8.98. The number of carbonyl (C=O) groups is 3. The molecule has 0 bridgehead atoms. The number of carbonyl (C=O) groups excluding carboxylic acids is 3. The summed E-state index contributed by atoms with van der Waals surface area (Å²) in [5.74, 6) is 0.0667. The Morgan fingerprint density at radius 3 is 2.65 bits per heavy atom. The first kappa shape index (κ1) is 22.2. The van der Waals surface area contributed by atoms with Gasteiger partial charge in [0.25, 0.3) is 11.8 Å². The van der Waals surface area contributed by atoms with E-state index >= 15 is 0 Å². The molecular weight excluding hydrogens is 458 g/mol. The molecule has 2 aliphatic rings. The van der Waals surface area contributed by atoms with E-state index in [9.17, 15) is 14.4 Å². The first-order valence-electron chi connectivity index (χ1n) is 11.3. The summed E-state index contributed by atoms with van der Waals surface area (Å²) in [4.78, 5) is 39.1. The van der Waals surface area contributed by atoms with Crippen LogP contribution < -0.4 is 10.6 Å². The van der Waals surface area contributed by atoms with Gasteiger partial charge in [0, 0.05) is 24.2 Å². The van der Waals surface area contributed by atoms with Crippen molar-refractivity contribution >= 4 is 29.4 Å². The van der Waals surface area contributed by atoms with Crippen molar-refractivity contribution in [2.75, 3.05) is 13.1 Å². The first-order chi connectivity index (χ1) is 16.5. The third kappa shape index (κ3) is 4.07. The number of hydrogen-bond donors (Lipinski definition) is 2. The van der Waals surface area contributed by atoms with Gasteiger partial charge < -0.3 is 15.1 Å². The van der Waals surface area contributed by atoms with Crippen molar-refractivity contribution in [3.63, 3.8) is 0 Å². The first-order valence-corrected chi connectivity index (χ1v) is 11.7. The maximum absolute atomic E-state index is 12.8. The molecule has 0 unspecified atom stereocenters. The smallest absolute Gasteiger partial charge is 0.325 e. The largest absolute Gasteiger partial charge is 0.463 e. The molecule has 176 valence electrons. The third-order valence-corrected chi connectivity index (χ3v) is 6.59. The number of halogens is 1. The fraction of sp³-hybridized carbons (Fsp3) is 0.333. The normalized spacial score (nSPS) is 16.9. The Morgan fingerprint density at radius 2 is 1.94 bits per heavy atom. The number of imide groups is 1. The summed E-state index contributed by atoms with van der Waals surface area (Å²) < 4.78 is 7.14. The summed E-state index contributed by atoms with van der Waals surface area (Å²) >= 11 is 6.00. The van der Waals surface area contributed by atoms with Crippen LogP contribution >= 0.6 is 11.6 Å². The van der Waals surface area contributed by atoms with Crippen molar-refractivity contribution in [3.05, 3.63) is 59.4 Å². The lowest BCUT2D eigenvalue weighted by molar-refractivity contribution is -0.131. The van der Waals surface area contributed by atoms with Gasteiger partial charge >= 0.3 is 6.03 Å². The number of nitrogens with one attached hydrogen (secondary N) is 2. The van der Waals surface area contributed by atoms with Crippen LogP contribution in [0.5, 0.6) is 0 Å². The minimum absolute atomic E-state index is 0.147. The summed E-state index contributed by atoms with van der Waals surface area (Å²) in [5.41, 5.74) is 0.867. The number of furan rings is 1. The Bertz CT molecular complexity index is 1210. The van der Waals surface area contributed by atoms with Crippen molar-refractivity contribution in [3.8, 4) is 17.1 Å². The molecule has 4 amide bonds. The zero-order chi connectivity index (χ0) is 23.7. The van der Waals surface area contributed by atoms with Gasteiger partial charge in [-0.1, -0.05) is 24.4 Å². The molecule has 2 fully saturated rings. The molecule has 2 N–H and O–H groups in total. The molecule has 1 aliphatic carbocycles. The number of nitrogens with zero attached hydrogens (tertiary/aromatic N) is 3. The van der Waals surface area contributed by atoms with Crippen LogP contribution in [0.2, 0.25) is 5.02 Å². The summed E-state index contributed by atoms with van der Waals surface area (Å²) in [6.45, 7) is 0.552. The van der Waals surface area contributed by atoms with Crippen molar-refractivity contribution in [2.45, 2.75) is 37.6 Å². The molecule has 1 spiro atoms. The highest BCUT2D eigenvalue weighted by atomic mass is 35.5. The molecule has 1 aromatic carbocycles. The molecule has 3 heterocycles. The van der Waals surface area contributed by atoms with E-state index in [4.69, 9.17) is 16.0 Å². The SMILES string of the molecule is O=C(NCCCN1C(=O)NC2(CCCC2)C1=O)c1cc(-c2ccco2)n(-c2ccc(Cl)cc2)n1. The fourth-order valence-electron chi connectivity index (χ4n) is 4.60. The Morgan fingerprint density at radius 1 is 1.18 bits per heavy atom. The van der Waals surface area contributed by atoms with Gasteiger partial charge in [0.05, 0.1) is 12.0 Å². The summed E-state index contributed by atoms with van der Waals surface area (Å²) in [5, 5.41) is 10.8. The van der Waals surface area contributed by atoms with Gasteiger partial charge in [-0.2, -0.15) is 5.10 Å². The molecule has 9 nitrogen and oxygen atoms in total. The van der Waals surface area contributed by atoms with E-state index in [0.717, 1.165) is 18.5 Å². The number of amides is 4. The van der Waals surface area contributed by atoms with Crippen molar-refractivity contribution in [1.29, 1.82) is 0 Å². The van der Waals surface area contributed by atoms with Gasteiger partial charge in [0.2, 0.25) is 0 Å². The van der Waals surface area contributed by atoms with Crippen LogP contribution in [0.25, 0.3) is 17.1 Å². The van der Waals surface area contributed by atoms with Gasteiger partial charge in [0.15, 0.2) is 11.5 Å². The molecule has 34 heavy (non-hydrogen) atoms. The molecule has 0 radical (unpaired) electrons. The fourth-order valence-corrected chi connectivity index (χ4v) is 4.72. The highest BCUT2D eigenvalue weighted by molar-refractivity contribution is 6.30. The molecule has 5 rings (SSSR count). The average molecular weight is 482 g/mol. The van der Waals surface area contributed by atoms with E-state index < -0.39 is 5.54 Å².